The van der Waals surface area contributed by atoms with Crippen LogP contribution in [0.15, 0.2) is 23.2 Å². The number of ether oxygens (including phenoxy) is 2. The maximum Gasteiger partial charge on any atom is 0.188 e. The van der Waals surface area contributed by atoms with Crippen molar-refractivity contribution < 1.29 is 9.47 Å². The topological polar surface area (TPSA) is 68.9 Å². The quantitative estimate of drug-likeness (QED) is 0.422. The number of guanidine groups is 1. The number of nitrogens with zero attached hydrogens (tertiary/aromatic N) is 1. The Balaban J connectivity index is 0.00000242. The molecule has 0 aromatic heterocycles. The van der Waals surface area contributed by atoms with E-state index in [1.54, 1.807) is 0 Å². The van der Waals surface area contributed by atoms with Gasteiger partial charge in [0.15, 0.2) is 5.96 Å². The summed E-state index contributed by atoms with van der Waals surface area (Å²) in [5, 5.41) is 2.99. The molecule has 1 aromatic carbocycles. The van der Waals surface area contributed by atoms with Gasteiger partial charge in [-0.05, 0) is 31.9 Å². The second kappa shape index (κ2) is 9.89. The molecule has 1 aliphatic rings. The van der Waals surface area contributed by atoms with E-state index in [0.717, 1.165) is 37.5 Å². The molecule has 0 spiro atoms. The summed E-state index contributed by atoms with van der Waals surface area (Å²) in [4.78, 5) is 4.33. The highest BCUT2D eigenvalue weighted by atomic mass is 127. The van der Waals surface area contributed by atoms with Gasteiger partial charge in [0.25, 0.3) is 0 Å². The predicted molar refractivity (Wildman–Crippen MR) is 100 cm³/mol. The van der Waals surface area contributed by atoms with Crippen LogP contribution in [0.1, 0.15) is 24.5 Å². The number of hydrogen-bond donors (Lipinski definition) is 2. The zero-order valence-electron chi connectivity index (χ0n) is 13.3. The molecule has 1 aromatic rings. The molecule has 5 nitrogen and oxygen atoms in total. The minimum Gasteiger partial charge on any atom is -0.493 e. The van der Waals surface area contributed by atoms with E-state index in [4.69, 9.17) is 15.2 Å². The number of halogens is 1. The number of rotatable bonds is 6. The Morgan fingerprint density at radius 1 is 1.50 bits per heavy atom. The molecule has 0 saturated carbocycles. The lowest BCUT2D eigenvalue weighted by molar-refractivity contribution is 0.166. The fourth-order valence-electron chi connectivity index (χ4n) is 2.26. The van der Waals surface area contributed by atoms with Crippen molar-refractivity contribution in [3.8, 4) is 5.75 Å². The van der Waals surface area contributed by atoms with Crippen LogP contribution in [-0.2, 0) is 11.3 Å². The Kier molecular flexibility index (Phi) is 8.55. The van der Waals surface area contributed by atoms with Gasteiger partial charge in [-0.3, -0.25) is 0 Å². The molecule has 0 amide bonds. The van der Waals surface area contributed by atoms with E-state index in [1.165, 1.54) is 5.56 Å². The van der Waals surface area contributed by atoms with Gasteiger partial charge in [-0.15, -0.1) is 24.0 Å². The zero-order valence-corrected chi connectivity index (χ0v) is 15.6. The highest BCUT2D eigenvalue weighted by Crippen LogP contribution is 2.23. The molecule has 1 heterocycles. The summed E-state index contributed by atoms with van der Waals surface area (Å²) in [7, 11) is 0. The smallest absolute Gasteiger partial charge is 0.188 e. The van der Waals surface area contributed by atoms with Gasteiger partial charge in [0.2, 0.25) is 0 Å². The summed E-state index contributed by atoms with van der Waals surface area (Å²) in [6, 6.07) is 6.18. The normalized spacial score (nSPS) is 17.9. The second-order valence-electron chi connectivity index (χ2n) is 5.38. The van der Waals surface area contributed by atoms with Crippen LogP contribution in [-0.4, -0.2) is 32.3 Å². The zero-order chi connectivity index (χ0) is 15.1. The van der Waals surface area contributed by atoms with Crippen LogP contribution in [0.3, 0.4) is 0 Å². The predicted octanol–water partition coefficient (Wildman–Crippen LogP) is 2.45. The van der Waals surface area contributed by atoms with Gasteiger partial charge in [0, 0.05) is 24.6 Å². The van der Waals surface area contributed by atoms with Crippen LogP contribution in [0.5, 0.6) is 5.75 Å². The summed E-state index contributed by atoms with van der Waals surface area (Å²) in [5.74, 6) is 1.86. The number of aryl methyl sites for hydroxylation is 1. The van der Waals surface area contributed by atoms with Gasteiger partial charge in [0.1, 0.15) is 5.75 Å². The molecule has 0 aliphatic carbocycles. The largest absolute Gasteiger partial charge is 0.493 e. The third kappa shape index (κ3) is 6.00. The number of benzene rings is 1. The molecular weight excluding hydrogens is 393 g/mol. The van der Waals surface area contributed by atoms with Crippen molar-refractivity contribution in [3.63, 3.8) is 0 Å². The van der Waals surface area contributed by atoms with Crippen LogP contribution >= 0.6 is 24.0 Å². The number of hydrogen-bond acceptors (Lipinski definition) is 3. The first-order valence-corrected chi connectivity index (χ1v) is 7.53. The summed E-state index contributed by atoms with van der Waals surface area (Å²) >= 11 is 0. The van der Waals surface area contributed by atoms with Crippen LogP contribution in [0.2, 0.25) is 0 Å². The van der Waals surface area contributed by atoms with Crippen molar-refractivity contribution >= 4 is 29.9 Å². The highest BCUT2D eigenvalue weighted by Gasteiger charge is 2.17. The standard InChI is InChI=1S/C16H25N3O2.HI/c1-3-18-16(17)19-9-14-5-4-12(2)8-15(14)21-11-13-6-7-20-10-13;/h4-5,8,13H,3,6-7,9-11H2,1-2H3,(H3,17,18,19);1H. The van der Waals surface area contributed by atoms with Gasteiger partial charge in [-0.2, -0.15) is 0 Å². The van der Waals surface area contributed by atoms with Crippen molar-refractivity contribution in [2.75, 3.05) is 26.4 Å². The van der Waals surface area contributed by atoms with Gasteiger partial charge in [-0.1, -0.05) is 12.1 Å². The molecule has 1 fully saturated rings. The average Bonchev–Trinajstić information content (AvgIpc) is 2.97. The lowest BCUT2D eigenvalue weighted by atomic mass is 10.1. The minimum absolute atomic E-state index is 0. The van der Waals surface area contributed by atoms with Crippen molar-refractivity contribution in [2.45, 2.75) is 26.8 Å². The monoisotopic (exact) mass is 419 g/mol. The lowest BCUT2D eigenvalue weighted by Gasteiger charge is -2.14. The third-order valence-corrected chi connectivity index (χ3v) is 3.50. The number of nitrogens with two attached hydrogens (primary N) is 1. The van der Waals surface area contributed by atoms with E-state index in [9.17, 15) is 0 Å². The van der Waals surface area contributed by atoms with E-state index in [1.807, 2.05) is 6.92 Å². The van der Waals surface area contributed by atoms with E-state index in [2.05, 4.69) is 35.4 Å². The molecule has 1 atom stereocenters. The second-order valence-corrected chi connectivity index (χ2v) is 5.38. The van der Waals surface area contributed by atoms with Crippen molar-refractivity contribution in [3.05, 3.63) is 29.3 Å². The van der Waals surface area contributed by atoms with E-state index >= 15 is 0 Å². The Hall–Kier alpha value is -1.02. The SMILES string of the molecule is CCNC(N)=NCc1ccc(C)cc1OCC1CCOC1.I. The third-order valence-electron chi connectivity index (χ3n) is 3.50. The number of aliphatic imine (C=N–C) groups is 1. The fourth-order valence-corrected chi connectivity index (χ4v) is 2.26. The minimum atomic E-state index is 0. The molecule has 6 heteroatoms. The maximum absolute atomic E-state index is 5.98. The van der Waals surface area contributed by atoms with Crippen LogP contribution < -0.4 is 15.8 Å². The van der Waals surface area contributed by atoms with Crippen LogP contribution in [0.25, 0.3) is 0 Å². The lowest BCUT2D eigenvalue weighted by Crippen LogP contribution is -2.31. The molecule has 0 radical (unpaired) electrons. The van der Waals surface area contributed by atoms with E-state index in [0.29, 0.717) is 25.0 Å². The molecular formula is C16H26IN3O2. The Bertz CT molecular complexity index is 488. The number of nitrogens with one attached hydrogen (secondary N) is 1. The molecule has 3 N–H and O–H groups in total. The summed E-state index contributed by atoms with van der Waals surface area (Å²) in [6.07, 6.45) is 1.08. The Morgan fingerprint density at radius 2 is 2.32 bits per heavy atom. The maximum atomic E-state index is 5.98. The van der Waals surface area contributed by atoms with Gasteiger partial charge in [-0.25, -0.2) is 4.99 Å². The molecule has 124 valence electrons. The average molecular weight is 419 g/mol. The van der Waals surface area contributed by atoms with E-state index < -0.39 is 0 Å². The van der Waals surface area contributed by atoms with Crippen LogP contribution in [0, 0.1) is 12.8 Å². The van der Waals surface area contributed by atoms with Crippen molar-refractivity contribution in [2.24, 2.45) is 16.6 Å². The Labute approximate surface area is 149 Å². The van der Waals surface area contributed by atoms with Gasteiger partial charge in [0.05, 0.1) is 19.8 Å². The first kappa shape index (κ1) is 19.0. The fraction of sp³-hybridized carbons (Fsp3) is 0.562. The molecule has 1 saturated heterocycles. The summed E-state index contributed by atoms with van der Waals surface area (Å²) < 4.78 is 11.4. The highest BCUT2D eigenvalue weighted by molar-refractivity contribution is 14.0. The molecule has 2 rings (SSSR count). The Morgan fingerprint density at radius 3 is 3.00 bits per heavy atom. The van der Waals surface area contributed by atoms with Gasteiger partial charge >= 0.3 is 0 Å². The molecule has 22 heavy (non-hydrogen) atoms. The van der Waals surface area contributed by atoms with Crippen molar-refractivity contribution in [1.82, 2.24) is 5.32 Å². The van der Waals surface area contributed by atoms with Crippen molar-refractivity contribution in [1.29, 1.82) is 0 Å². The molecule has 1 aliphatic heterocycles. The summed E-state index contributed by atoms with van der Waals surface area (Å²) in [6.45, 7) is 7.69. The first-order chi connectivity index (χ1) is 10.2. The molecule has 0 bridgehead atoms. The van der Waals surface area contributed by atoms with Gasteiger partial charge < -0.3 is 20.5 Å². The summed E-state index contributed by atoms with van der Waals surface area (Å²) in [5.41, 5.74) is 8.00. The molecule has 1 unspecified atom stereocenters. The van der Waals surface area contributed by atoms with E-state index in [-0.39, 0.29) is 24.0 Å². The van der Waals surface area contributed by atoms with Crippen LogP contribution in [0.4, 0.5) is 0 Å². The first-order valence-electron chi connectivity index (χ1n) is 7.53.